The highest BCUT2D eigenvalue weighted by atomic mass is 16.6. The van der Waals surface area contributed by atoms with E-state index in [2.05, 4.69) is 17.6 Å². The molecule has 0 saturated heterocycles. The highest BCUT2D eigenvalue weighted by Crippen LogP contribution is 2.25. The molecule has 0 spiro atoms. The van der Waals surface area contributed by atoms with E-state index in [4.69, 9.17) is 4.74 Å². The molecular formula is C29H49N3O4. The molecule has 3 amide bonds. The number of nitrogens with zero attached hydrogens (tertiary/aromatic N) is 1. The van der Waals surface area contributed by atoms with E-state index in [1.807, 2.05) is 65.0 Å². The largest absolute Gasteiger partial charge is 0.444 e. The summed E-state index contributed by atoms with van der Waals surface area (Å²) in [5, 5.41) is 5.86. The van der Waals surface area contributed by atoms with Crippen LogP contribution in [0.1, 0.15) is 106 Å². The fourth-order valence-electron chi connectivity index (χ4n) is 3.96. The summed E-state index contributed by atoms with van der Waals surface area (Å²) in [5.74, 6) is -0.364. The molecule has 1 aromatic rings. The van der Waals surface area contributed by atoms with Crippen molar-refractivity contribution < 1.29 is 19.1 Å². The number of benzene rings is 1. The number of unbranched alkanes of at least 4 members (excludes halogenated alkanes) is 3. The first-order valence-corrected chi connectivity index (χ1v) is 13.3. The van der Waals surface area contributed by atoms with Gasteiger partial charge in [0.25, 0.3) is 0 Å². The van der Waals surface area contributed by atoms with Gasteiger partial charge in [0.05, 0.1) is 0 Å². The Morgan fingerprint density at radius 3 is 2.06 bits per heavy atom. The number of carbonyl (C=O) groups is 3. The normalized spacial score (nSPS) is 13.6. The monoisotopic (exact) mass is 503 g/mol. The molecule has 0 heterocycles. The maximum Gasteiger partial charge on any atom is 0.408 e. The summed E-state index contributed by atoms with van der Waals surface area (Å²) < 4.78 is 5.45. The fourth-order valence-corrected chi connectivity index (χ4v) is 3.96. The van der Waals surface area contributed by atoms with Crippen LogP contribution in [0.5, 0.6) is 0 Å². The van der Waals surface area contributed by atoms with Gasteiger partial charge in [-0.15, -0.1) is 0 Å². The molecule has 36 heavy (non-hydrogen) atoms. The molecule has 0 saturated carbocycles. The number of rotatable bonds is 12. The quantitative estimate of drug-likeness (QED) is 0.343. The van der Waals surface area contributed by atoms with Gasteiger partial charge in [0.15, 0.2) is 0 Å². The lowest BCUT2D eigenvalue weighted by atomic mass is 9.98. The van der Waals surface area contributed by atoms with Crippen molar-refractivity contribution >= 4 is 17.9 Å². The zero-order chi connectivity index (χ0) is 27.5. The molecule has 204 valence electrons. The van der Waals surface area contributed by atoms with Crippen molar-refractivity contribution in [2.24, 2.45) is 5.92 Å². The van der Waals surface area contributed by atoms with Crippen LogP contribution in [0, 0.1) is 5.92 Å². The predicted molar refractivity (Wildman–Crippen MR) is 146 cm³/mol. The van der Waals surface area contributed by atoms with E-state index in [1.165, 1.54) is 0 Å². The number of amides is 3. The Balaban J connectivity index is 3.44. The maximum absolute atomic E-state index is 14.1. The molecule has 2 unspecified atom stereocenters. The number of hydrogen-bond acceptors (Lipinski definition) is 4. The molecule has 7 heteroatoms. The van der Waals surface area contributed by atoms with Crippen LogP contribution < -0.4 is 10.6 Å². The lowest BCUT2D eigenvalue weighted by Crippen LogP contribution is -2.55. The first-order chi connectivity index (χ1) is 16.6. The van der Waals surface area contributed by atoms with Gasteiger partial charge in [-0.1, -0.05) is 70.4 Å². The first-order valence-electron chi connectivity index (χ1n) is 13.3. The van der Waals surface area contributed by atoms with Crippen molar-refractivity contribution in [1.82, 2.24) is 15.5 Å². The van der Waals surface area contributed by atoms with E-state index < -0.39 is 29.3 Å². The first kappa shape index (κ1) is 31.5. The number of nitrogens with one attached hydrogen (secondary N) is 2. The molecule has 2 atom stereocenters. The molecule has 2 N–H and O–H groups in total. The molecule has 0 bridgehead atoms. The van der Waals surface area contributed by atoms with Gasteiger partial charge in [0.2, 0.25) is 11.8 Å². The Labute approximate surface area is 218 Å². The minimum absolute atomic E-state index is 0.148. The molecule has 0 fully saturated rings. The zero-order valence-electron chi connectivity index (χ0n) is 23.9. The van der Waals surface area contributed by atoms with Gasteiger partial charge in [0, 0.05) is 12.1 Å². The summed E-state index contributed by atoms with van der Waals surface area (Å²) in [6.07, 6.45) is 3.65. The molecule has 0 aliphatic rings. The molecule has 1 rings (SSSR count). The van der Waals surface area contributed by atoms with Crippen LogP contribution in [0.3, 0.4) is 0 Å². The summed E-state index contributed by atoms with van der Waals surface area (Å²) in [6.45, 7) is 17.7. The second-order valence-corrected chi connectivity index (χ2v) is 12.0. The van der Waals surface area contributed by atoms with Crippen LogP contribution in [-0.2, 0) is 14.3 Å². The zero-order valence-corrected chi connectivity index (χ0v) is 23.9. The predicted octanol–water partition coefficient (Wildman–Crippen LogP) is 5.99. The van der Waals surface area contributed by atoms with E-state index in [0.717, 1.165) is 31.2 Å². The second-order valence-electron chi connectivity index (χ2n) is 12.0. The Hall–Kier alpha value is -2.57. The SMILES string of the molecule is CCCCCCN(C(=O)C(CC(C)C)NC(=O)OC(C)(C)C)C(C(=O)NC(C)(C)C)c1ccccc1. The lowest BCUT2D eigenvalue weighted by Gasteiger charge is -2.36. The van der Waals surface area contributed by atoms with Crippen LogP contribution in [0.2, 0.25) is 0 Å². The maximum atomic E-state index is 14.1. The van der Waals surface area contributed by atoms with Gasteiger partial charge >= 0.3 is 6.09 Å². The standard InChI is InChI=1S/C29H49N3O4/c1-10-11-12-16-19-32(24(22-17-14-13-15-18-22)25(33)31-28(4,5)6)26(34)23(20-21(2)3)30-27(35)36-29(7,8)9/h13-15,17-18,21,23-24H,10-12,16,19-20H2,1-9H3,(H,30,35)(H,31,33). The molecular weight excluding hydrogens is 454 g/mol. The summed E-state index contributed by atoms with van der Waals surface area (Å²) in [4.78, 5) is 42.0. The summed E-state index contributed by atoms with van der Waals surface area (Å²) in [6, 6.07) is 7.76. The van der Waals surface area contributed by atoms with Crippen LogP contribution >= 0.6 is 0 Å². The van der Waals surface area contributed by atoms with Gasteiger partial charge in [-0.3, -0.25) is 9.59 Å². The van der Waals surface area contributed by atoms with E-state index >= 15 is 0 Å². The van der Waals surface area contributed by atoms with Gasteiger partial charge in [-0.05, 0) is 65.9 Å². The third-order valence-electron chi connectivity index (χ3n) is 5.41. The number of alkyl carbamates (subject to hydrolysis) is 1. The molecule has 0 aromatic heterocycles. The van der Waals surface area contributed by atoms with Crippen LogP contribution in [0.15, 0.2) is 30.3 Å². The molecule has 0 aliphatic heterocycles. The molecule has 1 aromatic carbocycles. The smallest absolute Gasteiger partial charge is 0.408 e. The Bertz CT molecular complexity index is 825. The summed E-state index contributed by atoms with van der Waals surface area (Å²) in [5.41, 5.74) is -0.412. The topological polar surface area (TPSA) is 87.7 Å². The summed E-state index contributed by atoms with van der Waals surface area (Å²) in [7, 11) is 0. The van der Waals surface area contributed by atoms with Crippen molar-refractivity contribution in [3.8, 4) is 0 Å². The van der Waals surface area contributed by atoms with E-state index in [1.54, 1.807) is 25.7 Å². The third-order valence-corrected chi connectivity index (χ3v) is 5.41. The van der Waals surface area contributed by atoms with Crippen LogP contribution in [0.4, 0.5) is 4.79 Å². The van der Waals surface area contributed by atoms with E-state index in [0.29, 0.717) is 13.0 Å². The Morgan fingerprint density at radius 1 is 0.944 bits per heavy atom. The highest BCUT2D eigenvalue weighted by molar-refractivity contribution is 5.92. The second kappa shape index (κ2) is 14.2. The number of hydrogen-bond donors (Lipinski definition) is 2. The Kier molecular flexibility index (Phi) is 12.4. The van der Waals surface area contributed by atoms with Gasteiger partial charge in [-0.25, -0.2) is 4.79 Å². The minimum Gasteiger partial charge on any atom is -0.444 e. The number of carbonyl (C=O) groups excluding carboxylic acids is 3. The third kappa shape index (κ3) is 11.9. The van der Waals surface area contributed by atoms with Gasteiger partial charge < -0.3 is 20.3 Å². The van der Waals surface area contributed by atoms with E-state index in [-0.39, 0.29) is 17.7 Å². The average molecular weight is 504 g/mol. The van der Waals surface area contributed by atoms with Crippen molar-refractivity contribution in [3.63, 3.8) is 0 Å². The van der Waals surface area contributed by atoms with E-state index in [9.17, 15) is 14.4 Å². The van der Waals surface area contributed by atoms with Crippen molar-refractivity contribution in [2.75, 3.05) is 6.54 Å². The molecule has 7 nitrogen and oxygen atoms in total. The van der Waals surface area contributed by atoms with Crippen molar-refractivity contribution in [3.05, 3.63) is 35.9 Å². The highest BCUT2D eigenvalue weighted by Gasteiger charge is 2.37. The molecule has 0 aliphatic carbocycles. The fraction of sp³-hybridized carbons (Fsp3) is 0.690. The van der Waals surface area contributed by atoms with Crippen molar-refractivity contribution in [1.29, 1.82) is 0 Å². The number of ether oxygens (including phenoxy) is 1. The summed E-state index contributed by atoms with van der Waals surface area (Å²) >= 11 is 0. The van der Waals surface area contributed by atoms with Crippen LogP contribution in [0.25, 0.3) is 0 Å². The lowest BCUT2D eigenvalue weighted by molar-refractivity contribution is -0.143. The van der Waals surface area contributed by atoms with Gasteiger partial charge in [-0.2, -0.15) is 0 Å². The van der Waals surface area contributed by atoms with Crippen LogP contribution in [-0.4, -0.2) is 46.5 Å². The molecule has 0 radical (unpaired) electrons. The van der Waals surface area contributed by atoms with Gasteiger partial charge in [0.1, 0.15) is 17.7 Å². The van der Waals surface area contributed by atoms with Crippen molar-refractivity contribution in [2.45, 2.75) is 118 Å². The minimum atomic E-state index is -0.811. The Morgan fingerprint density at radius 2 is 1.56 bits per heavy atom. The average Bonchev–Trinajstić information content (AvgIpc) is 2.72.